The first-order chi connectivity index (χ1) is 12.8. The smallest absolute Gasteiger partial charge is 0.272 e. The SMILES string of the molecule is O=C1c2c(Br)c(Br)c(Br)c(Br)c2C(=O)N1CCO[P+](=O)O[n+]1ccccc1. The molecular weight excluding hydrogens is 639 g/mol. The maximum Gasteiger partial charge on any atom is 0.814 e. The highest BCUT2D eigenvalue weighted by atomic mass is 79.9. The second-order valence-electron chi connectivity index (χ2n) is 5.14. The number of rotatable bonds is 6. The average Bonchev–Trinajstić information content (AvgIpc) is 2.90. The second kappa shape index (κ2) is 8.75. The predicted octanol–water partition coefficient (Wildman–Crippen LogP) is 4.42. The van der Waals surface area contributed by atoms with Crippen molar-refractivity contribution in [3.63, 3.8) is 0 Å². The second-order valence-corrected chi connectivity index (χ2v) is 9.18. The van der Waals surface area contributed by atoms with Gasteiger partial charge in [0.05, 0.1) is 22.4 Å². The van der Waals surface area contributed by atoms with Crippen molar-refractivity contribution >= 4 is 83.8 Å². The number of hydrogen-bond donors (Lipinski definition) is 0. The van der Waals surface area contributed by atoms with Gasteiger partial charge in [0.25, 0.3) is 11.8 Å². The van der Waals surface area contributed by atoms with E-state index in [9.17, 15) is 14.2 Å². The van der Waals surface area contributed by atoms with Crippen LogP contribution in [0.2, 0.25) is 0 Å². The lowest BCUT2D eigenvalue weighted by molar-refractivity contribution is -0.858. The summed E-state index contributed by atoms with van der Waals surface area (Å²) in [5.74, 6) is -0.930. The number of pyridine rings is 1. The van der Waals surface area contributed by atoms with Crippen molar-refractivity contribution in [1.29, 1.82) is 0 Å². The van der Waals surface area contributed by atoms with Crippen LogP contribution in [-0.4, -0.2) is 29.9 Å². The van der Waals surface area contributed by atoms with Crippen molar-refractivity contribution < 1.29 is 28.0 Å². The Hall–Kier alpha value is -0.710. The van der Waals surface area contributed by atoms with Crippen LogP contribution in [0.15, 0.2) is 48.5 Å². The van der Waals surface area contributed by atoms with Crippen LogP contribution in [0.1, 0.15) is 20.7 Å². The standard InChI is InChI=1S/C15H9Br4N2O5P/c16-10-8-9(11(17)13(19)12(10)18)15(23)21(14(8)22)6-7-25-27(24)26-20-4-2-1-3-5-20/h1-5H,6-7H2/q+2. The van der Waals surface area contributed by atoms with Crippen molar-refractivity contribution in [3.05, 3.63) is 59.6 Å². The minimum absolute atomic E-state index is 0.0651. The molecule has 1 aromatic heterocycles. The zero-order valence-corrected chi connectivity index (χ0v) is 20.4. The maximum atomic E-state index is 12.7. The van der Waals surface area contributed by atoms with Gasteiger partial charge in [0.1, 0.15) is 6.61 Å². The van der Waals surface area contributed by atoms with Crippen LogP contribution in [0.5, 0.6) is 0 Å². The molecule has 0 spiro atoms. The third-order valence-electron chi connectivity index (χ3n) is 3.55. The Kier molecular flexibility index (Phi) is 6.81. The van der Waals surface area contributed by atoms with E-state index in [1.807, 2.05) is 0 Å². The number of carbonyl (C=O) groups is 2. The number of nitrogens with zero attached hydrogens (tertiary/aromatic N) is 2. The summed E-state index contributed by atoms with van der Waals surface area (Å²) in [6, 6.07) is 5.19. The fraction of sp³-hybridized carbons (Fsp3) is 0.133. The fourth-order valence-electron chi connectivity index (χ4n) is 2.34. The van der Waals surface area contributed by atoms with Crippen molar-refractivity contribution in [3.8, 4) is 0 Å². The number of benzene rings is 1. The highest BCUT2D eigenvalue weighted by Crippen LogP contribution is 2.45. The molecule has 0 aliphatic carbocycles. The molecule has 0 radical (unpaired) electrons. The van der Waals surface area contributed by atoms with Gasteiger partial charge < -0.3 is 0 Å². The van der Waals surface area contributed by atoms with Crippen molar-refractivity contribution in [2.24, 2.45) is 0 Å². The molecule has 1 aliphatic rings. The quantitative estimate of drug-likeness (QED) is 0.153. The molecule has 2 aromatic rings. The Labute approximate surface area is 188 Å². The van der Waals surface area contributed by atoms with E-state index in [-0.39, 0.29) is 24.3 Å². The Morgan fingerprint density at radius 1 is 0.889 bits per heavy atom. The Balaban J connectivity index is 1.68. The maximum absolute atomic E-state index is 12.7. The molecule has 0 fully saturated rings. The van der Waals surface area contributed by atoms with Gasteiger partial charge in [-0.2, -0.15) is 0 Å². The molecule has 12 heteroatoms. The molecule has 1 atom stereocenters. The van der Waals surface area contributed by atoms with E-state index in [1.54, 1.807) is 30.6 Å². The summed E-state index contributed by atoms with van der Waals surface area (Å²) < 4.78 is 25.4. The molecule has 2 heterocycles. The zero-order valence-electron chi connectivity index (χ0n) is 13.2. The highest BCUT2D eigenvalue weighted by molar-refractivity contribution is 9.15. The average molecular weight is 648 g/mol. The number of hydrogen-bond acceptors (Lipinski definition) is 5. The molecule has 1 aliphatic heterocycles. The third-order valence-corrected chi connectivity index (χ3v) is 9.03. The Morgan fingerprint density at radius 3 is 1.93 bits per heavy atom. The van der Waals surface area contributed by atoms with Gasteiger partial charge in [0, 0.05) is 39.2 Å². The van der Waals surface area contributed by atoms with Gasteiger partial charge in [0.15, 0.2) is 0 Å². The van der Waals surface area contributed by atoms with Gasteiger partial charge in [0.2, 0.25) is 12.4 Å². The fourth-order valence-corrected chi connectivity index (χ4v) is 5.34. The van der Waals surface area contributed by atoms with E-state index in [4.69, 9.17) is 9.15 Å². The van der Waals surface area contributed by atoms with E-state index in [0.717, 1.165) is 4.90 Å². The van der Waals surface area contributed by atoms with Gasteiger partial charge in [-0.25, -0.2) is 0 Å². The summed E-state index contributed by atoms with van der Waals surface area (Å²) in [6.07, 6.45) is 3.12. The summed E-state index contributed by atoms with van der Waals surface area (Å²) in [7, 11) is -2.46. The van der Waals surface area contributed by atoms with Crippen LogP contribution < -0.4 is 9.35 Å². The van der Waals surface area contributed by atoms with Crippen molar-refractivity contribution in [2.45, 2.75) is 0 Å². The number of fused-ring (bicyclic) bond motifs is 1. The lowest BCUT2D eigenvalue weighted by atomic mass is 10.1. The van der Waals surface area contributed by atoms with E-state index in [1.165, 1.54) is 4.73 Å². The molecule has 3 rings (SSSR count). The number of imide groups is 1. The molecular formula is C15H9Br4N2O5P+2. The normalized spacial score (nSPS) is 13.8. The molecule has 0 N–H and O–H groups in total. The summed E-state index contributed by atoms with van der Waals surface area (Å²) in [4.78, 5) is 26.4. The summed E-state index contributed by atoms with van der Waals surface area (Å²) in [6.45, 7) is -0.198. The van der Waals surface area contributed by atoms with Crippen LogP contribution in [-0.2, 0) is 9.09 Å². The van der Waals surface area contributed by atoms with Gasteiger partial charge in [-0.1, -0.05) is 6.07 Å². The van der Waals surface area contributed by atoms with Crippen LogP contribution >= 0.6 is 72.0 Å². The molecule has 7 nitrogen and oxygen atoms in total. The highest BCUT2D eigenvalue weighted by Gasteiger charge is 2.41. The summed E-state index contributed by atoms with van der Waals surface area (Å²) in [5.41, 5.74) is 0.504. The predicted molar refractivity (Wildman–Crippen MR) is 109 cm³/mol. The topological polar surface area (TPSA) is 76.8 Å². The summed E-state index contributed by atoms with van der Waals surface area (Å²) >= 11 is 13.4. The van der Waals surface area contributed by atoms with Crippen LogP contribution in [0.25, 0.3) is 0 Å². The number of halogens is 4. The molecule has 2 amide bonds. The lowest BCUT2D eigenvalue weighted by Gasteiger charge is -2.10. The lowest BCUT2D eigenvalue weighted by Crippen LogP contribution is -2.38. The van der Waals surface area contributed by atoms with E-state index in [2.05, 4.69) is 63.7 Å². The van der Waals surface area contributed by atoms with Gasteiger partial charge in [-0.15, -0.1) is 4.52 Å². The molecule has 0 saturated carbocycles. The Morgan fingerprint density at radius 2 is 1.41 bits per heavy atom. The minimum atomic E-state index is -2.46. The van der Waals surface area contributed by atoms with Crippen molar-refractivity contribution in [1.82, 2.24) is 4.90 Å². The van der Waals surface area contributed by atoms with Crippen LogP contribution in [0, 0.1) is 0 Å². The molecule has 0 bridgehead atoms. The van der Waals surface area contributed by atoms with E-state index < -0.39 is 20.1 Å². The molecule has 140 valence electrons. The first-order valence-electron chi connectivity index (χ1n) is 7.30. The number of aromatic nitrogens is 1. The van der Waals surface area contributed by atoms with Gasteiger partial charge in [-0.3, -0.25) is 14.5 Å². The number of carbonyl (C=O) groups excluding carboxylic acids is 2. The number of amides is 2. The molecule has 1 unspecified atom stereocenters. The third kappa shape index (κ3) is 4.18. The zero-order chi connectivity index (χ0) is 19.7. The van der Waals surface area contributed by atoms with Crippen molar-refractivity contribution in [2.75, 3.05) is 13.2 Å². The summed E-state index contributed by atoms with van der Waals surface area (Å²) in [5, 5.41) is 0. The molecule has 0 saturated heterocycles. The van der Waals surface area contributed by atoms with Crippen LogP contribution in [0.3, 0.4) is 0 Å². The largest absolute Gasteiger partial charge is 0.814 e. The van der Waals surface area contributed by atoms with Gasteiger partial charge in [-0.05, 0) is 63.7 Å². The first kappa shape index (κ1) is 21.0. The first-order valence-corrected chi connectivity index (χ1v) is 11.6. The molecule has 1 aromatic carbocycles. The Bertz CT molecular complexity index is 910. The monoisotopic (exact) mass is 644 g/mol. The van der Waals surface area contributed by atoms with Crippen LogP contribution in [0.4, 0.5) is 0 Å². The minimum Gasteiger partial charge on any atom is -0.272 e. The van der Waals surface area contributed by atoms with Gasteiger partial charge >= 0.3 is 8.25 Å². The van der Waals surface area contributed by atoms with E-state index >= 15 is 0 Å². The molecule has 27 heavy (non-hydrogen) atoms. The van der Waals surface area contributed by atoms with E-state index in [0.29, 0.717) is 17.9 Å².